The van der Waals surface area contributed by atoms with Gasteiger partial charge in [-0.1, -0.05) is 35.3 Å². The molecule has 116 valence electrons. The highest BCUT2D eigenvalue weighted by Gasteiger charge is 2.18. The summed E-state index contributed by atoms with van der Waals surface area (Å²) in [5.41, 5.74) is 0.325. The summed E-state index contributed by atoms with van der Waals surface area (Å²) < 4.78 is 12.8. The van der Waals surface area contributed by atoms with Crippen LogP contribution in [-0.2, 0) is 0 Å². The maximum atomic E-state index is 12.8. The summed E-state index contributed by atoms with van der Waals surface area (Å²) in [5, 5.41) is 22.3. The number of amides is 1. The van der Waals surface area contributed by atoms with Gasteiger partial charge in [-0.2, -0.15) is 0 Å². The summed E-state index contributed by atoms with van der Waals surface area (Å²) >= 11 is 11.6. The van der Waals surface area contributed by atoms with Crippen molar-refractivity contribution in [3.05, 3.63) is 63.4 Å². The Labute approximate surface area is 136 Å². The van der Waals surface area contributed by atoms with E-state index in [0.29, 0.717) is 5.56 Å². The average molecular weight is 344 g/mol. The standard InChI is InChI=1S/C15H12Cl2FNO3/c16-9-5-11(17)14(12(20)6-9)15(22)19-7-13(21)8-1-3-10(18)4-2-8/h1-6,13,20-21H,7H2,(H,19,22). The van der Waals surface area contributed by atoms with Crippen LogP contribution < -0.4 is 5.32 Å². The minimum atomic E-state index is -1.02. The Hall–Kier alpha value is -1.82. The predicted molar refractivity (Wildman–Crippen MR) is 81.8 cm³/mol. The molecule has 0 aliphatic heterocycles. The number of aliphatic hydroxyl groups excluding tert-OH is 1. The number of hydrogen-bond acceptors (Lipinski definition) is 3. The number of phenolic OH excluding ortho intramolecular Hbond substituents is 1. The SMILES string of the molecule is O=C(NCC(O)c1ccc(F)cc1)c1c(O)cc(Cl)cc1Cl. The summed E-state index contributed by atoms with van der Waals surface area (Å²) in [5.74, 6) is -1.43. The van der Waals surface area contributed by atoms with Crippen molar-refractivity contribution in [3.8, 4) is 5.75 Å². The van der Waals surface area contributed by atoms with Crippen LogP contribution in [0.15, 0.2) is 36.4 Å². The maximum Gasteiger partial charge on any atom is 0.256 e. The lowest BCUT2D eigenvalue weighted by Crippen LogP contribution is -2.28. The normalized spacial score (nSPS) is 12.0. The minimum Gasteiger partial charge on any atom is -0.507 e. The molecule has 7 heteroatoms. The first-order chi connectivity index (χ1) is 10.4. The topological polar surface area (TPSA) is 69.6 Å². The number of aliphatic hydroxyl groups is 1. The molecule has 0 aliphatic carbocycles. The second-order valence-corrected chi connectivity index (χ2v) is 5.40. The zero-order valence-corrected chi connectivity index (χ0v) is 12.7. The first kappa shape index (κ1) is 16.5. The van der Waals surface area contributed by atoms with Crippen molar-refractivity contribution < 1.29 is 19.4 Å². The summed E-state index contributed by atoms with van der Waals surface area (Å²) in [7, 11) is 0. The Morgan fingerprint density at radius 2 is 1.86 bits per heavy atom. The zero-order chi connectivity index (χ0) is 16.3. The number of aromatic hydroxyl groups is 1. The lowest BCUT2D eigenvalue weighted by atomic mass is 10.1. The monoisotopic (exact) mass is 343 g/mol. The lowest BCUT2D eigenvalue weighted by Gasteiger charge is -2.13. The van der Waals surface area contributed by atoms with E-state index in [9.17, 15) is 19.4 Å². The fraction of sp³-hybridized carbons (Fsp3) is 0.133. The van der Waals surface area contributed by atoms with Crippen LogP contribution in [0.3, 0.4) is 0 Å². The summed E-state index contributed by atoms with van der Waals surface area (Å²) in [6.07, 6.45) is -1.02. The average Bonchev–Trinajstić information content (AvgIpc) is 2.44. The van der Waals surface area contributed by atoms with Gasteiger partial charge in [0.25, 0.3) is 5.91 Å². The van der Waals surface area contributed by atoms with Gasteiger partial charge in [-0.25, -0.2) is 4.39 Å². The zero-order valence-electron chi connectivity index (χ0n) is 11.2. The third-order valence-corrected chi connectivity index (χ3v) is 3.49. The molecule has 1 atom stereocenters. The molecule has 1 amide bonds. The Morgan fingerprint density at radius 1 is 1.23 bits per heavy atom. The molecule has 0 heterocycles. The van der Waals surface area contributed by atoms with Crippen LogP contribution in [0.1, 0.15) is 22.0 Å². The fourth-order valence-corrected chi connectivity index (χ4v) is 2.43. The molecule has 3 N–H and O–H groups in total. The van der Waals surface area contributed by atoms with Crippen LogP contribution in [0.2, 0.25) is 10.0 Å². The molecule has 22 heavy (non-hydrogen) atoms. The van der Waals surface area contributed by atoms with Crippen LogP contribution in [0.4, 0.5) is 4.39 Å². The van der Waals surface area contributed by atoms with Crippen LogP contribution in [0.25, 0.3) is 0 Å². The number of carbonyl (C=O) groups is 1. The first-order valence-corrected chi connectivity index (χ1v) is 7.04. The van der Waals surface area contributed by atoms with Crippen molar-refractivity contribution in [3.63, 3.8) is 0 Å². The molecular formula is C15H12Cl2FNO3. The number of benzene rings is 2. The van der Waals surface area contributed by atoms with Gasteiger partial charge in [0.15, 0.2) is 0 Å². The first-order valence-electron chi connectivity index (χ1n) is 6.28. The van der Waals surface area contributed by atoms with E-state index in [1.54, 1.807) is 0 Å². The van der Waals surface area contributed by atoms with Crippen molar-refractivity contribution in [1.29, 1.82) is 0 Å². The van der Waals surface area contributed by atoms with E-state index < -0.39 is 17.8 Å². The number of rotatable bonds is 4. The second-order valence-electron chi connectivity index (χ2n) is 4.56. The molecule has 0 bridgehead atoms. The molecule has 1 unspecified atom stereocenters. The third-order valence-electron chi connectivity index (χ3n) is 2.97. The van der Waals surface area contributed by atoms with Crippen LogP contribution in [0, 0.1) is 5.82 Å². The number of halogens is 3. The molecule has 2 aromatic carbocycles. The summed E-state index contributed by atoms with van der Waals surface area (Å²) in [6.45, 7) is -0.122. The van der Waals surface area contributed by atoms with Gasteiger partial charge in [0.1, 0.15) is 11.6 Å². The second kappa shape index (κ2) is 6.96. The van der Waals surface area contributed by atoms with Gasteiger partial charge in [-0.05, 0) is 29.8 Å². The van der Waals surface area contributed by atoms with Crippen molar-refractivity contribution in [1.82, 2.24) is 5.32 Å². The van der Waals surface area contributed by atoms with Gasteiger partial charge >= 0.3 is 0 Å². The molecule has 0 saturated heterocycles. The van der Waals surface area contributed by atoms with E-state index in [0.717, 1.165) is 0 Å². The Bertz CT molecular complexity index is 669. The third kappa shape index (κ3) is 3.88. The molecule has 4 nitrogen and oxygen atoms in total. The van der Waals surface area contributed by atoms with E-state index >= 15 is 0 Å². The highest BCUT2D eigenvalue weighted by atomic mass is 35.5. The summed E-state index contributed by atoms with van der Waals surface area (Å²) in [6, 6.07) is 7.77. The maximum absolute atomic E-state index is 12.8. The highest BCUT2D eigenvalue weighted by molar-refractivity contribution is 6.37. The molecule has 2 rings (SSSR count). The fourth-order valence-electron chi connectivity index (χ4n) is 1.87. The molecular weight excluding hydrogens is 332 g/mol. The van der Waals surface area contributed by atoms with E-state index in [2.05, 4.69) is 5.32 Å². The van der Waals surface area contributed by atoms with E-state index in [1.807, 2.05) is 0 Å². The van der Waals surface area contributed by atoms with Crippen LogP contribution in [-0.4, -0.2) is 22.7 Å². The molecule has 0 saturated carbocycles. The van der Waals surface area contributed by atoms with E-state index in [4.69, 9.17) is 23.2 Å². The lowest BCUT2D eigenvalue weighted by molar-refractivity contribution is 0.0913. The number of phenols is 1. The van der Waals surface area contributed by atoms with Crippen molar-refractivity contribution in [2.24, 2.45) is 0 Å². The Morgan fingerprint density at radius 3 is 2.45 bits per heavy atom. The van der Waals surface area contributed by atoms with Gasteiger partial charge < -0.3 is 15.5 Å². The quantitative estimate of drug-likeness (QED) is 0.797. The van der Waals surface area contributed by atoms with Crippen molar-refractivity contribution in [2.45, 2.75) is 6.10 Å². The molecule has 2 aromatic rings. The number of carbonyl (C=O) groups excluding carboxylic acids is 1. The smallest absolute Gasteiger partial charge is 0.256 e. The van der Waals surface area contributed by atoms with Gasteiger partial charge in [-0.15, -0.1) is 0 Å². The molecule has 0 radical (unpaired) electrons. The summed E-state index contributed by atoms with van der Waals surface area (Å²) in [4.78, 5) is 12.0. The number of nitrogens with one attached hydrogen (secondary N) is 1. The Balaban J connectivity index is 2.05. The van der Waals surface area contributed by atoms with Gasteiger partial charge in [-0.3, -0.25) is 4.79 Å². The van der Waals surface area contributed by atoms with Gasteiger partial charge in [0.05, 0.1) is 16.7 Å². The number of hydrogen-bond donors (Lipinski definition) is 3. The highest BCUT2D eigenvalue weighted by Crippen LogP contribution is 2.29. The van der Waals surface area contributed by atoms with Gasteiger partial charge in [0.2, 0.25) is 0 Å². The van der Waals surface area contributed by atoms with Crippen LogP contribution >= 0.6 is 23.2 Å². The van der Waals surface area contributed by atoms with E-state index in [-0.39, 0.29) is 27.9 Å². The molecule has 0 aliphatic rings. The predicted octanol–water partition coefficient (Wildman–Crippen LogP) is 3.30. The molecule has 0 aromatic heterocycles. The molecule has 0 fully saturated rings. The van der Waals surface area contributed by atoms with Crippen molar-refractivity contribution in [2.75, 3.05) is 6.54 Å². The van der Waals surface area contributed by atoms with Crippen LogP contribution in [0.5, 0.6) is 5.75 Å². The largest absolute Gasteiger partial charge is 0.507 e. The minimum absolute atomic E-state index is 0.00114. The Kier molecular flexibility index (Phi) is 5.24. The molecule has 0 spiro atoms. The van der Waals surface area contributed by atoms with Gasteiger partial charge in [0, 0.05) is 11.6 Å². The van der Waals surface area contributed by atoms with Crippen molar-refractivity contribution >= 4 is 29.1 Å². The van der Waals surface area contributed by atoms with E-state index in [1.165, 1.54) is 36.4 Å².